The highest BCUT2D eigenvalue weighted by Crippen LogP contribution is 2.48. The van der Waals surface area contributed by atoms with Crippen molar-refractivity contribution in [1.29, 1.82) is 0 Å². The van der Waals surface area contributed by atoms with Crippen molar-refractivity contribution in [2.24, 2.45) is 11.7 Å². The van der Waals surface area contributed by atoms with Crippen LogP contribution in [0.2, 0.25) is 0 Å². The summed E-state index contributed by atoms with van der Waals surface area (Å²) in [6, 6.07) is 61.4. The molecule has 2 aromatic heterocycles. The molecule has 0 spiro atoms. The summed E-state index contributed by atoms with van der Waals surface area (Å²) in [7, 11) is 0. The van der Waals surface area contributed by atoms with Crippen LogP contribution in [0.4, 0.5) is 23.0 Å². The van der Waals surface area contributed by atoms with Gasteiger partial charge >= 0.3 is 0 Å². The fraction of sp³-hybridized carbons (Fsp3) is 0.238. The number of nitrogens with one attached hydrogen (secondary N) is 2. The Morgan fingerprint density at radius 2 is 0.857 bits per heavy atom. The highest BCUT2D eigenvalue weighted by Gasteiger charge is 2.35. The van der Waals surface area contributed by atoms with Crippen LogP contribution in [0.3, 0.4) is 0 Å². The fourth-order valence-corrected chi connectivity index (χ4v) is 13.1. The summed E-state index contributed by atoms with van der Waals surface area (Å²) in [5.74, 6) is 12.8. The number of unbranched alkanes of at least 4 members (excludes halogenated alkanes) is 4. The number of amides is 2. The first-order chi connectivity index (χ1) is 37.4. The lowest BCUT2D eigenvalue weighted by Crippen LogP contribution is -2.53. The Hall–Kier alpha value is -7.62. The number of nitrogens with zero attached hydrogens (tertiary/aromatic N) is 6. The molecule has 6 aromatic carbocycles. The molecule has 392 valence electrons. The van der Waals surface area contributed by atoms with Gasteiger partial charge in [-0.1, -0.05) is 141 Å². The van der Waals surface area contributed by atoms with E-state index < -0.39 is 0 Å². The Morgan fingerprint density at radius 1 is 0.481 bits per heavy atom. The third-order valence-electron chi connectivity index (χ3n) is 14.6. The lowest BCUT2D eigenvalue weighted by molar-refractivity contribution is -0.555. The Bertz CT molecular complexity index is 3230. The standard InChI is InChI=1S/C62H62N10O2S2.CH4/c63-65-57(73)33-9-3-19-35-69-53-29-15-17-31-55(53)75-61(69)43-45-41-59(71(47-21-5-1-6-22-47)51-27-13-11-25-49(45)51)67-37-39-68(40-38-67)60-42-46(50-26-12-14-28-52(50)72(60)48-23-7-2-8-24-48)44-62-70(36-20-4-10-34-58(74)66-64)54-30-16-18-32-56(54)76-62;/h1-2,5-8,11-18,21-32,41-44H,3-4,9-10,19-20,33-40,63-64H2;1H4/p+2. The number of carbonyl (C=O) groups is 2. The predicted octanol–water partition coefficient (Wildman–Crippen LogP) is 11.4. The third-order valence-corrected chi connectivity index (χ3v) is 16.8. The second kappa shape index (κ2) is 24.6. The SMILES string of the molecule is C.NNC(=O)CCCCCN1C(=Cc2cc(N3CCN(c4cc(C=C5Sc6ccccc6N5CCCCCC(=O)NN)c5ccccc5[n+]4-c4ccccc4)CC3)[n+](-c3ccccc3)c3ccccc23)Sc2ccccc21. The summed E-state index contributed by atoms with van der Waals surface area (Å²) in [4.78, 5) is 36.3. The van der Waals surface area contributed by atoms with Crippen molar-refractivity contribution in [1.82, 2.24) is 10.9 Å². The van der Waals surface area contributed by atoms with Gasteiger partial charge in [0.1, 0.15) is 48.6 Å². The molecule has 11 rings (SSSR count). The maximum atomic E-state index is 11.9. The minimum Gasteiger partial charge on any atom is -0.335 e. The van der Waals surface area contributed by atoms with Crippen LogP contribution >= 0.6 is 23.5 Å². The second-order valence-corrected chi connectivity index (χ2v) is 21.6. The summed E-state index contributed by atoms with van der Waals surface area (Å²) in [5.41, 5.74) is 13.9. The van der Waals surface area contributed by atoms with Gasteiger partial charge in [-0.3, -0.25) is 30.2 Å². The number of para-hydroxylation sites is 6. The minimum absolute atomic E-state index is 0. The summed E-state index contributed by atoms with van der Waals surface area (Å²) in [6.45, 7) is 4.92. The lowest BCUT2D eigenvalue weighted by atomic mass is 10.1. The molecule has 0 unspecified atom stereocenters. The number of fused-ring (bicyclic) bond motifs is 4. The van der Waals surface area contributed by atoms with E-state index in [0.29, 0.717) is 12.8 Å². The summed E-state index contributed by atoms with van der Waals surface area (Å²) >= 11 is 3.66. The number of thioether (sulfide) groups is 2. The first-order valence-electron chi connectivity index (χ1n) is 26.5. The zero-order valence-electron chi connectivity index (χ0n) is 42.7. The van der Waals surface area contributed by atoms with Gasteiger partial charge in [0.15, 0.2) is 0 Å². The molecule has 1 saturated heterocycles. The molecule has 0 atom stereocenters. The molecule has 5 heterocycles. The second-order valence-electron chi connectivity index (χ2n) is 19.4. The highest BCUT2D eigenvalue weighted by molar-refractivity contribution is 8.04. The Kier molecular flexibility index (Phi) is 16.9. The van der Waals surface area contributed by atoms with Gasteiger partial charge in [0.2, 0.25) is 11.8 Å². The number of aromatic nitrogens is 2. The predicted molar refractivity (Wildman–Crippen MR) is 319 cm³/mol. The molecule has 12 nitrogen and oxygen atoms in total. The van der Waals surface area contributed by atoms with Crippen LogP contribution < -0.4 is 51.3 Å². The van der Waals surface area contributed by atoms with E-state index in [1.807, 2.05) is 23.5 Å². The molecule has 0 saturated carbocycles. The quantitative estimate of drug-likeness (QED) is 0.0217. The van der Waals surface area contributed by atoms with Crippen molar-refractivity contribution in [2.45, 2.75) is 68.6 Å². The molecular formula is C63H68N10O2S2+2. The van der Waals surface area contributed by atoms with Crippen LogP contribution in [0, 0.1) is 0 Å². The summed E-state index contributed by atoms with van der Waals surface area (Å²) in [6.07, 6.45) is 11.0. The number of hydrazine groups is 2. The Balaban J connectivity index is 0.00000672. The van der Waals surface area contributed by atoms with Crippen LogP contribution in [0.25, 0.3) is 45.3 Å². The van der Waals surface area contributed by atoms with Gasteiger partial charge in [-0.25, -0.2) is 11.7 Å². The van der Waals surface area contributed by atoms with E-state index >= 15 is 0 Å². The number of hydrogen-bond acceptors (Lipinski definition) is 10. The molecule has 0 aliphatic carbocycles. The topological polar surface area (TPSA) is 131 Å². The average Bonchev–Trinajstić information content (AvgIpc) is 4.03. The van der Waals surface area contributed by atoms with Crippen LogP contribution in [0.1, 0.15) is 69.9 Å². The van der Waals surface area contributed by atoms with Crippen LogP contribution in [0.5, 0.6) is 0 Å². The summed E-state index contributed by atoms with van der Waals surface area (Å²) in [5, 5.41) is 4.77. The smallest absolute Gasteiger partial charge is 0.283 e. The average molecular weight is 1060 g/mol. The van der Waals surface area contributed by atoms with Gasteiger partial charge in [0, 0.05) is 58.6 Å². The third kappa shape index (κ3) is 11.4. The number of rotatable bonds is 18. The highest BCUT2D eigenvalue weighted by atomic mass is 32.2. The number of benzene rings is 6. The first-order valence-corrected chi connectivity index (χ1v) is 28.2. The number of piperazine rings is 1. The number of anilines is 4. The molecule has 3 aliphatic rings. The van der Waals surface area contributed by atoms with E-state index in [1.165, 1.54) is 53.1 Å². The molecule has 0 radical (unpaired) electrons. The molecule has 2 amide bonds. The number of hydrogen-bond donors (Lipinski definition) is 4. The Labute approximate surface area is 461 Å². The maximum Gasteiger partial charge on any atom is 0.283 e. The van der Waals surface area contributed by atoms with Crippen molar-refractivity contribution >= 4 is 92.3 Å². The Morgan fingerprint density at radius 3 is 1.27 bits per heavy atom. The van der Waals surface area contributed by atoms with Gasteiger partial charge in [0.25, 0.3) is 11.6 Å². The number of pyridine rings is 2. The van der Waals surface area contributed by atoms with Crippen LogP contribution in [-0.4, -0.2) is 51.1 Å². The molecule has 6 N–H and O–H groups in total. The lowest BCUT2D eigenvalue weighted by Gasteiger charge is -2.30. The van der Waals surface area contributed by atoms with Gasteiger partial charge in [-0.15, -0.1) is 0 Å². The monoisotopic (exact) mass is 1060 g/mol. The molecule has 3 aliphatic heterocycles. The van der Waals surface area contributed by atoms with Crippen molar-refractivity contribution in [3.05, 3.63) is 191 Å². The molecule has 0 bridgehead atoms. The van der Waals surface area contributed by atoms with Crippen LogP contribution in [0.15, 0.2) is 190 Å². The number of nitrogens with two attached hydrogens (primary N) is 2. The minimum atomic E-state index is -0.120. The maximum absolute atomic E-state index is 11.9. The molecule has 77 heavy (non-hydrogen) atoms. The van der Waals surface area contributed by atoms with Gasteiger partial charge < -0.3 is 9.80 Å². The zero-order valence-corrected chi connectivity index (χ0v) is 44.3. The summed E-state index contributed by atoms with van der Waals surface area (Å²) < 4.78 is 4.90. The largest absolute Gasteiger partial charge is 0.335 e. The van der Waals surface area contributed by atoms with E-state index in [0.717, 1.165) is 112 Å². The van der Waals surface area contributed by atoms with Gasteiger partial charge in [0.05, 0.1) is 21.4 Å². The molecule has 14 heteroatoms. The molecule has 8 aromatic rings. The van der Waals surface area contributed by atoms with E-state index in [-0.39, 0.29) is 19.2 Å². The van der Waals surface area contributed by atoms with Crippen molar-refractivity contribution < 1.29 is 18.7 Å². The van der Waals surface area contributed by atoms with E-state index in [9.17, 15) is 9.59 Å². The number of carbonyl (C=O) groups excluding carboxylic acids is 2. The normalized spacial score (nSPS) is 15.0. The zero-order chi connectivity index (χ0) is 51.8. The van der Waals surface area contributed by atoms with Gasteiger partial charge in [-0.05, 0) is 110 Å². The molecule has 1 fully saturated rings. The fourth-order valence-electron chi connectivity index (χ4n) is 10.9. The first kappa shape index (κ1) is 52.8. The van der Waals surface area contributed by atoms with Crippen molar-refractivity contribution in [2.75, 3.05) is 58.9 Å². The van der Waals surface area contributed by atoms with Gasteiger partial charge in [-0.2, -0.15) is 9.13 Å². The van der Waals surface area contributed by atoms with Crippen molar-refractivity contribution in [3.63, 3.8) is 0 Å². The van der Waals surface area contributed by atoms with Crippen LogP contribution in [-0.2, 0) is 9.59 Å². The van der Waals surface area contributed by atoms with Crippen molar-refractivity contribution in [3.8, 4) is 11.4 Å². The van der Waals surface area contributed by atoms with E-state index in [4.69, 9.17) is 11.7 Å². The molecular weight excluding hydrogens is 993 g/mol. The van der Waals surface area contributed by atoms with E-state index in [2.05, 4.69) is 222 Å². The van der Waals surface area contributed by atoms with E-state index in [1.54, 1.807) is 0 Å².